The molecule has 0 atom stereocenters. The molecule has 3 aromatic heterocycles. The number of nitrogens with one attached hydrogen (secondary N) is 1. The van der Waals surface area contributed by atoms with Gasteiger partial charge in [0.1, 0.15) is 16.1 Å². The first kappa shape index (κ1) is 16.1. The smallest absolute Gasteiger partial charge is 0.228 e. The molecule has 0 spiro atoms. The highest BCUT2D eigenvalue weighted by Gasteiger charge is 2.29. The molecule has 0 aliphatic heterocycles. The molecule has 3 aromatic rings. The van der Waals surface area contributed by atoms with Gasteiger partial charge in [-0.25, -0.2) is 14.3 Å². The van der Waals surface area contributed by atoms with Gasteiger partial charge in [-0.15, -0.1) is 0 Å². The molecular weight excluding hydrogens is 355 g/mol. The maximum Gasteiger partial charge on any atom is 0.228 e. The molecule has 0 aromatic carbocycles. The van der Waals surface area contributed by atoms with E-state index in [0.717, 1.165) is 18.2 Å². The van der Waals surface area contributed by atoms with Crippen LogP contribution in [0.1, 0.15) is 12.8 Å². The molecule has 0 radical (unpaired) electrons. The van der Waals surface area contributed by atoms with E-state index in [1.807, 2.05) is 11.4 Å². The number of fused-ring (bicyclic) bond motifs is 1. The predicted molar refractivity (Wildman–Crippen MR) is 93.0 cm³/mol. The van der Waals surface area contributed by atoms with E-state index in [2.05, 4.69) is 19.7 Å². The van der Waals surface area contributed by atoms with Crippen molar-refractivity contribution in [2.45, 2.75) is 12.8 Å². The van der Waals surface area contributed by atoms with Gasteiger partial charge in [-0.2, -0.15) is 0 Å². The van der Waals surface area contributed by atoms with Crippen molar-refractivity contribution < 1.29 is 4.79 Å². The van der Waals surface area contributed by atoms with Crippen molar-refractivity contribution >= 4 is 57.2 Å². The van der Waals surface area contributed by atoms with Crippen LogP contribution < -0.4 is 5.32 Å². The van der Waals surface area contributed by atoms with Crippen LogP contribution in [0.3, 0.4) is 0 Å². The molecule has 1 amide bonds. The molecule has 1 aliphatic rings. The van der Waals surface area contributed by atoms with Gasteiger partial charge in [-0.1, -0.05) is 23.2 Å². The van der Waals surface area contributed by atoms with Crippen molar-refractivity contribution in [3.05, 3.63) is 46.3 Å². The van der Waals surface area contributed by atoms with Crippen molar-refractivity contribution in [3.63, 3.8) is 0 Å². The number of hydrogen-bond donors (Lipinski definition) is 1. The quantitative estimate of drug-likeness (QED) is 0.681. The second kappa shape index (κ2) is 7.21. The van der Waals surface area contributed by atoms with Crippen molar-refractivity contribution in [2.24, 2.45) is 5.92 Å². The maximum atomic E-state index is 11.6. The van der Waals surface area contributed by atoms with Crippen LogP contribution in [0.5, 0.6) is 0 Å². The van der Waals surface area contributed by atoms with E-state index in [4.69, 9.17) is 23.2 Å². The Morgan fingerprint density at radius 2 is 2.13 bits per heavy atom. The summed E-state index contributed by atoms with van der Waals surface area (Å²) in [7, 11) is 0. The van der Waals surface area contributed by atoms with E-state index in [-0.39, 0.29) is 11.8 Å². The third kappa shape index (κ3) is 4.37. The van der Waals surface area contributed by atoms with Crippen LogP contribution in [0.15, 0.2) is 36.0 Å². The van der Waals surface area contributed by atoms with Gasteiger partial charge in [0.25, 0.3) is 0 Å². The van der Waals surface area contributed by atoms with E-state index < -0.39 is 0 Å². The molecule has 4 rings (SSSR count). The van der Waals surface area contributed by atoms with Gasteiger partial charge < -0.3 is 5.32 Å². The van der Waals surface area contributed by atoms with E-state index in [9.17, 15) is 4.79 Å². The zero-order valence-electron chi connectivity index (χ0n) is 11.9. The SMILES string of the molecule is O=C(Nc1cc2cc(Cl)nc(Cl)c2cn1)C1CC1.c1cnsc1. The van der Waals surface area contributed by atoms with Crippen LogP contribution in [0.4, 0.5) is 5.82 Å². The third-order valence-corrected chi connectivity index (χ3v) is 4.19. The molecule has 1 fully saturated rings. The fraction of sp³-hybridized carbons (Fsp3) is 0.200. The molecule has 0 unspecified atom stereocenters. The van der Waals surface area contributed by atoms with Gasteiger partial charge in [0.05, 0.1) is 0 Å². The fourth-order valence-corrected chi connectivity index (χ4v) is 2.74. The van der Waals surface area contributed by atoms with Crippen LogP contribution in [0.2, 0.25) is 10.3 Å². The summed E-state index contributed by atoms with van der Waals surface area (Å²) in [6.45, 7) is 0. The fourth-order valence-electron chi connectivity index (χ4n) is 1.90. The highest BCUT2D eigenvalue weighted by atomic mass is 35.5. The van der Waals surface area contributed by atoms with E-state index in [1.165, 1.54) is 11.5 Å². The zero-order valence-corrected chi connectivity index (χ0v) is 14.2. The van der Waals surface area contributed by atoms with Crippen LogP contribution in [-0.4, -0.2) is 20.2 Å². The molecular formula is C15H12Cl2N4OS. The summed E-state index contributed by atoms with van der Waals surface area (Å²) in [5, 5.41) is 6.86. The first-order valence-electron chi connectivity index (χ1n) is 6.90. The number of nitrogens with zero attached hydrogens (tertiary/aromatic N) is 3. The molecule has 118 valence electrons. The Morgan fingerprint density at radius 3 is 2.74 bits per heavy atom. The number of rotatable bonds is 2. The highest BCUT2D eigenvalue weighted by molar-refractivity contribution is 7.03. The minimum Gasteiger partial charge on any atom is -0.310 e. The molecule has 0 saturated heterocycles. The Morgan fingerprint density at radius 1 is 1.30 bits per heavy atom. The lowest BCUT2D eigenvalue weighted by molar-refractivity contribution is -0.117. The Labute approximate surface area is 146 Å². The average Bonchev–Trinajstić information content (AvgIpc) is 3.19. The summed E-state index contributed by atoms with van der Waals surface area (Å²) >= 11 is 13.3. The Kier molecular flexibility index (Phi) is 5.05. The Bertz CT molecular complexity index is 804. The lowest BCUT2D eigenvalue weighted by Gasteiger charge is -2.05. The molecule has 1 N–H and O–H groups in total. The number of aromatic nitrogens is 3. The van der Waals surface area contributed by atoms with Gasteiger partial charge >= 0.3 is 0 Å². The van der Waals surface area contributed by atoms with Crippen molar-refractivity contribution in [1.29, 1.82) is 0 Å². The number of amides is 1. The maximum absolute atomic E-state index is 11.6. The van der Waals surface area contributed by atoms with E-state index in [0.29, 0.717) is 21.5 Å². The summed E-state index contributed by atoms with van der Waals surface area (Å²) in [4.78, 5) is 19.7. The van der Waals surface area contributed by atoms with Gasteiger partial charge in [0.2, 0.25) is 5.91 Å². The summed E-state index contributed by atoms with van der Waals surface area (Å²) < 4.78 is 3.76. The number of carbonyl (C=O) groups is 1. The molecule has 0 bridgehead atoms. The third-order valence-electron chi connectivity index (χ3n) is 3.18. The van der Waals surface area contributed by atoms with Crippen molar-refractivity contribution in [1.82, 2.24) is 14.3 Å². The lowest BCUT2D eigenvalue weighted by atomic mass is 10.2. The van der Waals surface area contributed by atoms with Crippen LogP contribution in [0.25, 0.3) is 10.8 Å². The summed E-state index contributed by atoms with van der Waals surface area (Å²) in [6, 6.07) is 5.34. The molecule has 8 heteroatoms. The number of hydrogen-bond acceptors (Lipinski definition) is 5. The van der Waals surface area contributed by atoms with Gasteiger partial charge in [0.15, 0.2) is 0 Å². The minimum atomic E-state index is 0.0214. The minimum absolute atomic E-state index is 0.0214. The first-order chi connectivity index (χ1) is 11.1. The normalized spacial score (nSPS) is 13.3. The van der Waals surface area contributed by atoms with Gasteiger partial charge in [-0.05, 0) is 48.0 Å². The Hall–Kier alpha value is -1.76. The topological polar surface area (TPSA) is 67.8 Å². The van der Waals surface area contributed by atoms with Crippen LogP contribution in [-0.2, 0) is 4.79 Å². The summed E-state index contributed by atoms with van der Waals surface area (Å²) in [5.41, 5.74) is 0. The van der Waals surface area contributed by atoms with Gasteiger partial charge in [0, 0.05) is 29.1 Å². The van der Waals surface area contributed by atoms with Gasteiger partial charge in [-0.3, -0.25) is 4.79 Å². The monoisotopic (exact) mass is 366 g/mol. The molecule has 5 nitrogen and oxygen atoms in total. The average molecular weight is 367 g/mol. The number of anilines is 1. The summed E-state index contributed by atoms with van der Waals surface area (Å²) in [5.74, 6) is 0.679. The number of halogens is 2. The largest absolute Gasteiger partial charge is 0.310 e. The standard InChI is InChI=1S/C12H9Cl2N3O.C3H3NS/c13-9-3-7-4-10(17-12(18)6-1-2-6)15-5-8(7)11(14)16-9;1-2-4-5-3-1/h3-6H,1-2H2,(H,15,17,18);1-3H. The second-order valence-electron chi connectivity index (χ2n) is 4.98. The van der Waals surface area contributed by atoms with Crippen LogP contribution >= 0.6 is 34.7 Å². The Balaban J connectivity index is 0.000000267. The first-order valence-corrected chi connectivity index (χ1v) is 8.50. The van der Waals surface area contributed by atoms with E-state index in [1.54, 1.807) is 24.5 Å². The molecule has 3 heterocycles. The highest BCUT2D eigenvalue weighted by Crippen LogP contribution is 2.31. The number of carbonyl (C=O) groups excluding carboxylic acids is 1. The second-order valence-corrected chi connectivity index (χ2v) is 6.42. The number of pyridine rings is 2. The molecule has 1 aliphatic carbocycles. The zero-order chi connectivity index (χ0) is 16.2. The van der Waals surface area contributed by atoms with Crippen molar-refractivity contribution in [3.8, 4) is 0 Å². The van der Waals surface area contributed by atoms with E-state index >= 15 is 0 Å². The summed E-state index contributed by atoms with van der Waals surface area (Å²) in [6.07, 6.45) is 5.27. The molecule has 23 heavy (non-hydrogen) atoms. The van der Waals surface area contributed by atoms with Crippen LogP contribution in [0, 0.1) is 5.92 Å². The predicted octanol–water partition coefficient (Wildman–Crippen LogP) is 4.43. The van der Waals surface area contributed by atoms with Crippen molar-refractivity contribution in [2.75, 3.05) is 5.32 Å². The lowest BCUT2D eigenvalue weighted by Crippen LogP contribution is -2.14. The molecule has 1 saturated carbocycles.